The molecule has 0 saturated heterocycles. The lowest BCUT2D eigenvalue weighted by Crippen LogP contribution is -2.36. The van der Waals surface area contributed by atoms with Crippen LogP contribution in [0, 0.1) is 6.92 Å². The highest BCUT2D eigenvalue weighted by Crippen LogP contribution is 2.34. The molecule has 0 saturated carbocycles. The van der Waals surface area contributed by atoms with Gasteiger partial charge in [0.2, 0.25) is 0 Å². The number of ether oxygens (including phenoxy) is 2. The smallest absolute Gasteiger partial charge is 0.326 e. The number of nitrogens with one attached hydrogen (secondary N) is 1. The number of hydrogen-bond donors (Lipinski definition) is 1. The Bertz CT molecular complexity index is 1090. The molecule has 0 spiro atoms. The van der Waals surface area contributed by atoms with Crippen LogP contribution in [0.5, 0.6) is 11.5 Å². The van der Waals surface area contributed by atoms with E-state index < -0.39 is 0 Å². The normalized spacial score (nSPS) is 13.1. The zero-order chi connectivity index (χ0) is 22.5. The standard InChI is InChI=1S/C24H29N5O3/c1-17-8-7-9-18(14-17)25-24(30)29(20-15-19(31-2)11-12-21(20)32-3)16-23-27-26-22-10-5-4-6-13-28(22)23/h7-9,11-12,14-15H,4-6,10,13,16H2,1-3H3,(H,25,30). The molecule has 32 heavy (non-hydrogen) atoms. The van der Waals surface area contributed by atoms with Crippen LogP contribution in [-0.2, 0) is 19.5 Å². The van der Waals surface area contributed by atoms with E-state index in [1.165, 1.54) is 6.42 Å². The van der Waals surface area contributed by atoms with E-state index in [0.717, 1.165) is 48.7 Å². The molecule has 0 bridgehead atoms. The van der Waals surface area contributed by atoms with Gasteiger partial charge in [0.15, 0.2) is 5.82 Å². The number of rotatable bonds is 6. The van der Waals surface area contributed by atoms with Crippen molar-refractivity contribution in [3.8, 4) is 11.5 Å². The molecular weight excluding hydrogens is 406 g/mol. The lowest BCUT2D eigenvalue weighted by molar-refractivity contribution is 0.256. The zero-order valence-electron chi connectivity index (χ0n) is 18.8. The third kappa shape index (κ3) is 4.69. The minimum Gasteiger partial charge on any atom is -0.497 e. The number of carbonyl (C=O) groups is 1. The number of nitrogens with zero attached hydrogens (tertiary/aromatic N) is 4. The van der Waals surface area contributed by atoms with Gasteiger partial charge < -0.3 is 19.4 Å². The highest BCUT2D eigenvalue weighted by atomic mass is 16.5. The van der Waals surface area contributed by atoms with Gasteiger partial charge in [-0.3, -0.25) is 4.90 Å². The Hall–Kier alpha value is -3.55. The fraction of sp³-hybridized carbons (Fsp3) is 0.375. The number of aromatic nitrogens is 3. The Kier molecular flexibility index (Phi) is 6.58. The molecule has 2 amide bonds. The monoisotopic (exact) mass is 435 g/mol. The summed E-state index contributed by atoms with van der Waals surface area (Å²) in [7, 11) is 3.19. The van der Waals surface area contributed by atoms with Gasteiger partial charge in [-0.15, -0.1) is 10.2 Å². The van der Waals surface area contributed by atoms with E-state index in [1.807, 2.05) is 37.3 Å². The first-order valence-electron chi connectivity index (χ1n) is 10.9. The molecule has 1 N–H and O–H groups in total. The Balaban J connectivity index is 1.72. The van der Waals surface area contributed by atoms with Gasteiger partial charge in [0.1, 0.15) is 17.3 Å². The molecule has 4 rings (SSSR count). The SMILES string of the molecule is COc1ccc(OC)c(N(Cc2nnc3n2CCCCC3)C(=O)Nc2cccc(C)c2)c1. The third-order valence-corrected chi connectivity index (χ3v) is 5.68. The third-order valence-electron chi connectivity index (χ3n) is 5.68. The van der Waals surface area contributed by atoms with Crippen molar-refractivity contribution in [2.75, 3.05) is 24.4 Å². The number of anilines is 2. The number of benzene rings is 2. The van der Waals surface area contributed by atoms with Crippen LogP contribution in [0.15, 0.2) is 42.5 Å². The van der Waals surface area contributed by atoms with E-state index in [9.17, 15) is 4.79 Å². The average molecular weight is 436 g/mol. The Labute approximate surface area is 188 Å². The molecular formula is C24H29N5O3. The van der Waals surface area contributed by atoms with Gasteiger partial charge in [-0.1, -0.05) is 18.6 Å². The van der Waals surface area contributed by atoms with Gasteiger partial charge in [-0.25, -0.2) is 4.79 Å². The Morgan fingerprint density at radius 1 is 1.09 bits per heavy atom. The number of urea groups is 1. The van der Waals surface area contributed by atoms with E-state index in [0.29, 0.717) is 17.2 Å². The first kappa shape index (κ1) is 21.7. The quantitative estimate of drug-likeness (QED) is 0.613. The maximum absolute atomic E-state index is 13.5. The number of amides is 2. The maximum atomic E-state index is 13.5. The molecule has 0 aliphatic carbocycles. The van der Waals surface area contributed by atoms with Crippen molar-refractivity contribution in [1.29, 1.82) is 0 Å². The second kappa shape index (κ2) is 9.72. The predicted octanol–water partition coefficient (Wildman–Crippen LogP) is 4.57. The molecule has 168 valence electrons. The molecule has 2 aromatic carbocycles. The minimum atomic E-state index is -0.284. The van der Waals surface area contributed by atoms with E-state index in [4.69, 9.17) is 9.47 Å². The summed E-state index contributed by atoms with van der Waals surface area (Å²) < 4.78 is 13.1. The van der Waals surface area contributed by atoms with Gasteiger partial charge >= 0.3 is 6.03 Å². The molecule has 1 aliphatic heterocycles. The number of aryl methyl sites for hydroxylation is 2. The summed E-state index contributed by atoms with van der Waals surface area (Å²) in [6.45, 7) is 3.11. The van der Waals surface area contributed by atoms with Crippen LogP contribution in [0.4, 0.5) is 16.2 Å². The minimum absolute atomic E-state index is 0.258. The summed E-state index contributed by atoms with van der Waals surface area (Å²) >= 11 is 0. The number of methoxy groups -OCH3 is 2. The number of carbonyl (C=O) groups excluding carboxylic acids is 1. The van der Waals surface area contributed by atoms with Crippen molar-refractivity contribution in [3.05, 3.63) is 59.7 Å². The van der Waals surface area contributed by atoms with Crippen LogP contribution < -0.4 is 19.7 Å². The molecule has 0 radical (unpaired) electrons. The van der Waals surface area contributed by atoms with Gasteiger partial charge in [-0.2, -0.15) is 0 Å². The first-order chi connectivity index (χ1) is 15.6. The average Bonchev–Trinajstić information content (AvgIpc) is 3.02. The highest BCUT2D eigenvalue weighted by Gasteiger charge is 2.25. The maximum Gasteiger partial charge on any atom is 0.326 e. The van der Waals surface area contributed by atoms with Crippen molar-refractivity contribution < 1.29 is 14.3 Å². The van der Waals surface area contributed by atoms with E-state index in [-0.39, 0.29) is 12.6 Å². The molecule has 0 unspecified atom stereocenters. The lowest BCUT2D eigenvalue weighted by atomic mass is 10.2. The second-order valence-electron chi connectivity index (χ2n) is 7.92. The largest absolute Gasteiger partial charge is 0.497 e. The van der Waals surface area contributed by atoms with Crippen LogP contribution in [0.3, 0.4) is 0 Å². The van der Waals surface area contributed by atoms with Crippen LogP contribution >= 0.6 is 0 Å². The summed E-state index contributed by atoms with van der Waals surface area (Å²) in [5.41, 5.74) is 2.39. The fourth-order valence-corrected chi connectivity index (χ4v) is 3.99. The molecule has 1 aromatic heterocycles. The summed E-state index contributed by atoms with van der Waals surface area (Å²) in [6.07, 6.45) is 4.27. The van der Waals surface area contributed by atoms with E-state index in [1.54, 1.807) is 31.3 Å². The van der Waals surface area contributed by atoms with E-state index in [2.05, 4.69) is 20.1 Å². The van der Waals surface area contributed by atoms with Gasteiger partial charge in [0.05, 0.1) is 26.5 Å². The number of hydrogen-bond acceptors (Lipinski definition) is 5. The number of fused-ring (bicyclic) bond motifs is 1. The highest BCUT2D eigenvalue weighted by molar-refractivity contribution is 6.02. The predicted molar refractivity (Wildman–Crippen MR) is 124 cm³/mol. The molecule has 2 heterocycles. The molecule has 1 aliphatic rings. The van der Waals surface area contributed by atoms with Gasteiger partial charge in [0, 0.05) is 24.7 Å². The lowest BCUT2D eigenvalue weighted by Gasteiger charge is -2.25. The summed E-state index contributed by atoms with van der Waals surface area (Å²) in [5.74, 6) is 2.94. The fourth-order valence-electron chi connectivity index (χ4n) is 3.99. The molecule has 8 heteroatoms. The zero-order valence-corrected chi connectivity index (χ0v) is 18.8. The molecule has 8 nitrogen and oxygen atoms in total. The van der Waals surface area contributed by atoms with Crippen LogP contribution in [0.1, 0.15) is 36.5 Å². The van der Waals surface area contributed by atoms with Gasteiger partial charge in [-0.05, 0) is 49.6 Å². The summed E-state index contributed by atoms with van der Waals surface area (Å²) in [5, 5.41) is 11.8. The van der Waals surface area contributed by atoms with Crippen LogP contribution in [0.25, 0.3) is 0 Å². The van der Waals surface area contributed by atoms with Gasteiger partial charge in [0.25, 0.3) is 0 Å². The van der Waals surface area contributed by atoms with Crippen molar-refractivity contribution in [2.24, 2.45) is 0 Å². The Morgan fingerprint density at radius 2 is 1.97 bits per heavy atom. The van der Waals surface area contributed by atoms with E-state index >= 15 is 0 Å². The van der Waals surface area contributed by atoms with Crippen molar-refractivity contribution >= 4 is 17.4 Å². The summed E-state index contributed by atoms with van der Waals surface area (Å²) in [6, 6.07) is 12.8. The van der Waals surface area contributed by atoms with Crippen LogP contribution in [-0.4, -0.2) is 35.0 Å². The first-order valence-corrected chi connectivity index (χ1v) is 10.9. The molecule has 0 fully saturated rings. The van der Waals surface area contributed by atoms with Crippen molar-refractivity contribution in [1.82, 2.24) is 14.8 Å². The summed E-state index contributed by atoms with van der Waals surface area (Å²) in [4.78, 5) is 15.1. The van der Waals surface area contributed by atoms with Crippen molar-refractivity contribution in [3.63, 3.8) is 0 Å². The Morgan fingerprint density at radius 3 is 2.75 bits per heavy atom. The molecule has 0 atom stereocenters. The van der Waals surface area contributed by atoms with Crippen LogP contribution in [0.2, 0.25) is 0 Å². The molecule has 3 aromatic rings. The van der Waals surface area contributed by atoms with Crippen molar-refractivity contribution in [2.45, 2.75) is 45.7 Å². The topological polar surface area (TPSA) is 81.5 Å². The second-order valence-corrected chi connectivity index (χ2v) is 7.92.